The fraction of sp³-hybridized carbons (Fsp3) is 0.217. The summed E-state index contributed by atoms with van der Waals surface area (Å²) >= 11 is 6.06. The number of nitrogens with zero attached hydrogens (tertiary/aromatic N) is 1. The van der Waals surface area contributed by atoms with Crippen LogP contribution in [-0.4, -0.2) is 14.2 Å². The van der Waals surface area contributed by atoms with Gasteiger partial charge < -0.3 is 5.21 Å². The number of benzene rings is 2. The SMILES string of the molecule is Cc1ccc(C(=O)c2cc(Cl)ccc2NS(=O)(=O)c2ccc(C(C)(C)C)cc2)c[n+]1[O-]. The largest absolute Gasteiger partial charge is 0.618 e. The summed E-state index contributed by atoms with van der Waals surface area (Å²) in [6.07, 6.45) is 1.15. The summed E-state index contributed by atoms with van der Waals surface area (Å²) in [5.74, 6) is -0.520. The van der Waals surface area contributed by atoms with E-state index in [2.05, 4.69) is 4.72 Å². The maximum Gasteiger partial charge on any atom is 0.261 e. The lowest BCUT2D eigenvalue weighted by Crippen LogP contribution is -2.30. The molecule has 0 unspecified atom stereocenters. The molecule has 1 aromatic heterocycles. The number of ketones is 1. The van der Waals surface area contributed by atoms with Gasteiger partial charge in [-0.1, -0.05) is 44.5 Å². The summed E-state index contributed by atoms with van der Waals surface area (Å²) in [4.78, 5) is 13.1. The number of aromatic nitrogens is 1. The predicted octanol–water partition coefficient (Wildman–Crippen LogP) is 4.61. The summed E-state index contributed by atoms with van der Waals surface area (Å²) in [5.41, 5.74) is 1.57. The molecule has 6 nitrogen and oxygen atoms in total. The number of anilines is 1. The Kier molecular flexibility index (Phi) is 6.11. The lowest BCUT2D eigenvalue weighted by molar-refractivity contribution is -0.612. The minimum absolute atomic E-state index is 0.0474. The van der Waals surface area contributed by atoms with Gasteiger partial charge in [0, 0.05) is 23.6 Å². The van der Waals surface area contributed by atoms with Crippen molar-refractivity contribution in [3.63, 3.8) is 0 Å². The third kappa shape index (κ3) is 5.06. The van der Waals surface area contributed by atoms with Crippen molar-refractivity contribution in [1.29, 1.82) is 0 Å². The summed E-state index contributed by atoms with van der Waals surface area (Å²) in [6, 6.07) is 13.9. The molecule has 8 heteroatoms. The lowest BCUT2D eigenvalue weighted by atomic mass is 9.87. The third-order valence-electron chi connectivity index (χ3n) is 4.87. The first-order valence-electron chi connectivity index (χ1n) is 9.56. The van der Waals surface area contributed by atoms with Crippen LogP contribution in [-0.2, 0) is 15.4 Å². The van der Waals surface area contributed by atoms with E-state index < -0.39 is 15.8 Å². The highest BCUT2D eigenvalue weighted by atomic mass is 35.5. The Morgan fingerprint density at radius 2 is 1.68 bits per heavy atom. The zero-order chi connectivity index (χ0) is 23.0. The third-order valence-corrected chi connectivity index (χ3v) is 6.49. The summed E-state index contributed by atoms with van der Waals surface area (Å²) < 4.78 is 29.0. The van der Waals surface area contributed by atoms with Crippen LogP contribution in [0, 0.1) is 12.1 Å². The van der Waals surface area contributed by atoms with Crippen molar-refractivity contribution in [3.05, 3.63) is 93.4 Å². The second kappa shape index (κ2) is 8.32. The van der Waals surface area contributed by atoms with Crippen LogP contribution >= 0.6 is 11.6 Å². The van der Waals surface area contributed by atoms with Crippen LogP contribution in [0.5, 0.6) is 0 Å². The van der Waals surface area contributed by atoms with Gasteiger partial charge in [-0.3, -0.25) is 9.52 Å². The monoisotopic (exact) mass is 458 g/mol. The molecule has 2 aromatic carbocycles. The number of rotatable bonds is 5. The van der Waals surface area contributed by atoms with E-state index in [1.54, 1.807) is 19.1 Å². The first kappa shape index (κ1) is 22.8. The zero-order valence-electron chi connectivity index (χ0n) is 17.6. The van der Waals surface area contributed by atoms with Gasteiger partial charge in [0.25, 0.3) is 10.0 Å². The van der Waals surface area contributed by atoms with Crippen molar-refractivity contribution in [2.45, 2.75) is 38.0 Å². The number of nitrogens with one attached hydrogen (secondary N) is 1. The molecule has 3 rings (SSSR count). The van der Waals surface area contributed by atoms with Crippen molar-refractivity contribution < 1.29 is 17.9 Å². The molecule has 0 saturated heterocycles. The Morgan fingerprint density at radius 1 is 1.03 bits per heavy atom. The van der Waals surface area contributed by atoms with Gasteiger partial charge in [-0.05, 0) is 47.4 Å². The standard InChI is InChI=1S/C23H23ClN2O4S/c1-15-5-6-16(14-26(15)28)22(27)20-13-18(24)9-12-21(20)25-31(29,30)19-10-7-17(8-11-19)23(2,3)4/h5-14,25H,1-4H3. The van der Waals surface area contributed by atoms with Gasteiger partial charge in [0.05, 0.1) is 16.1 Å². The van der Waals surface area contributed by atoms with Crippen molar-refractivity contribution in [2.24, 2.45) is 0 Å². The van der Waals surface area contributed by atoms with Crippen molar-refractivity contribution in [3.8, 4) is 0 Å². The van der Waals surface area contributed by atoms with Crippen LogP contribution in [0.25, 0.3) is 0 Å². The molecule has 3 aromatic rings. The molecule has 0 aliphatic carbocycles. The van der Waals surface area contributed by atoms with Crippen LogP contribution in [0.15, 0.2) is 65.7 Å². The number of carbonyl (C=O) groups is 1. The molecule has 0 aliphatic rings. The summed E-state index contributed by atoms with van der Waals surface area (Å²) in [6.45, 7) is 7.73. The lowest BCUT2D eigenvalue weighted by Gasteiger charge is -2.19. The molecule has 0 saturated carbocycles. The quantitative estimate of drug-likeness (QED) is 0.343. The Morgan fingerprint density at radius 3 is 2.26 bits per heavy atom. The van der Waals surface area contributed by atoms with Crippen LogP contribution in [0.3, 0.4) is 0 Å². The molecule has 0 amide bonds. The van der Waals surface area contributed by atoms with Gasteiger partial charge >= 0.3 is 0 Å². The highest BCUT2D eigenvalue weighted by Gasteiger charge is 2.22. The van der Waals surface area contributed by atoms with Gasteiger partial charge in [-0.15, -0.1) is 0 Å². The number of pyridine rings is 1. The second-order valence-electron chi connectivity index (χ2n) is 8.28. The van der Waals surface area contributed by atoms with E-state index >= 15 is 0 Å². The number of hydrogen-bond acceptors (Lipinski definition) is 4. The van der Waals surface area contributed by atoms with Crippen molar-refractivity contribution in [1.82, 2.24) is 0 Å². The molecule has 1 N–H and O–H groups in total. The Bertz CT molecular complexity index is 1250. The molecular formula is C23H23ClN2O4S. The fourth-order valence-corrected chi connectivity index (χ4v) is 4.23. The van der Waals surface area contributed by atoms with E-state index in [0.717, 1.165) is 11.8 Å². The van der Waals surface area contributed by atoms with E-state index in [0.29, 0.717) is 10.4 Å². The van der Waals surface area contributed by atoms with E-state index in [1.165, 1.54) is 42.5 Å². The van der Waals surface area contributed by atoms with Gasteiger partial charge in [0.2, 0.25) is 5.78 Å². The van der Waals surface area contributed by atoms with Gasteiger partial charge in [-0.2, -0.15) is 4.73 Å². The summed E-state index contributed by atoms with van der Waals surface area (Å²) in [7, 11) is -3.95. The first-order valence-corrected chi connectivity index (χ1v) is 11.4. The second-order valence-corrected chi connectivity index (χ2v) is 10.4. The molecule has 162 valence electrons. The molecule has 1 heterocycles. The Balaban J connectivity index is 1.98. The smallest absolute Gasteiger partial charge is 0.261 e. The van der Waals surface area contributed by atoms with E-state index in [-0.39, 0.29) is 32.1 Å². The molecule has 31 heavy (non-hydrogen) atoms. The molecule has 0 atom stereocenters. The maximum atomic E-state index is 13.0. The van der Waals surface area contributed by atoms with Gasteiger partial charge in [-0.25, -0.2) is 8.42 Å². The molecule has 0 spiro atoms. The van der Waals surface area contributed by atoms with Crippen molar-refractivity contribution in [2.75, 3.05) is 4.72 Å². The topological polar surface area (TPSA) is 90.2 Å². The molecule has 0 aliphatic heterocycles. The van der Waals surface area contributed by atoms with Crippen LogP contribution in [0.2, 0.25) is 5.02 Å². The molecule has 0 fully saturated rings. The van der Waals surface area contributed by atoms with Crippen LogP contribution < -0.4 is 9.45 Å². The minimum atomic E-state index is -3.95. The number of sulfonamides is 1. The summed E-state index contributed by atoms with van der Waals surface area (Å²) in [5, 5.41) is 12.1. The highest BCUT2D eigenvalue weighted by molar-refractivity contribution is 7.92. The normalized spacial score (nSPS) is 11.9. The predicted molar refractivity (Wildman–Crippen MR) is 121 cm³/mol. The number of hydrogen-bond donors (Lipinski definition) is 1. The number of halogens is 1. The Hall–Kier alpha value is -2.90. The Labute approximate surface area is 187 Å². The van der Waals surface area contributed by atoms with Crippen molar-refractivity contribution >= 4 is 33.1 Å². The maximum absolute atomic E-state index is 13.0. The first-order chi connectivity index (χ1) is 14.4. The minimum Gasteiger partial charge on any atom is -0.618 e. The molecular weight excluding hydrogens is 436 g/mol. The van der Waals surface area contributed by atoms with Crippen LogP contribution in [0.1, 0.15) is 48.0 Å². The van der Waals surface area contributed by atoms with E-state index in [9.17, 15) is 18.4 Å². The average molecular weight is 459 g/mol. The van der Waals surface area contributed by atoms with Gasteiger partial charge in [0.1, 0.15) is 0 Å². The molecule has 0 bridgehead atoms. The van der Waals surface area contributed by atoms with Crippen LogP contribution in [0.4, 0.5) is 5.69 Å². The highest BCUT2D eigenvalue weighted by Crippen LogP contribution is 2.27. The van der Waals surface area contributed by atoms with Gasteiger partial charge in [0.15, 0.2) is 11.9 Å². The fourth-order valence-electron chi connectivity index (χ4n) is 2.98. The molecule has 0 radical (unpaired) electrons. The van der Waals surface area contributed by atoms with E-state index in [1.807, 2.05) is 20.8 Å². The average Bonchev–Trinajstić information content (AvgIpc) is 2.70. The number of carbonyl (C=O) groups excluding carboxylic acids is 1. The zero-order valence-corrected chi connectivity index (χ0v) is 19.2. The number of aryl methyl sites for hydroxylation is 1. The van der Waals surface area contributed by atoms with E-state index in [4.69, 9.17) is 11.6 Å².